The predicted octanol–water partition coefficient (Wildman–Crippen LogP) is 3.04. The van der Waals surface area contributed by atoms with Gasteiger partial charge in [0.15, 0.2) is 0 Å². The third kappa shape index (κ3) is 3.85. The van der Waals surface area contributed by atoms with Gasteiger partial charge in [-0.2, -0.15) is 0 Å². The van der Waals surface area contributed by atoms with E-state index in [9.17, 15) is 5.11 Å². The third-order valence-corrected chi connectivity index (χ3v) is 5.40. The number of nitrogens with zero attached hydrogens (tertiary/aromatic N) is 3. The van der Waals surface area contributed by atoms with Gasteiger partial charge in [0.1, 0.15) is 5.82 Å². The lowest BCUT2D eigenvalue weighted by molar-refractivity contribution is 0.162. The van der Waals surface area contributed by atoms with Crippen LogP contribution in [0.4, 0.5) is 0 Å². The zero-order valence-electron chi connectivity index (χ0n) is 13.8. The van der Waals surface area contributed by atoms with E-state index in [2.05, 4.69) is 14.9 Å². The van der Waals surface area contributed by atoms with E-state index in [0.717, 1.165) is 35.8 Å². The molecule has 4 heteroatoms. The molecule has 3 rings (SSSR count). The molecule has 1 aromatic rings. The number of aryl methyl sites for hydroxylation is 1. The Morgan fingerprint density at radius 2 is 1.86 bits per heavy atom. The highest BCUT2D eigenvalue weighted by Gasteiger charge is 2.25. The minimum atomic E-state index is 0.0535. The van der Waals surface area contributed by atoms with Crippen molar-refractivity contribution in [3.05, 3.63) is 23.3 Å². The van der Waals surface area contributed by atoms with Crippen LogP contribution in [-0.4, -0.2) is 39.6 Å². The molecule has 0 spiro atoms. The van der Waals surface area contributed by atoms with Crippen LogP contribution < -0.4 is 0 Å². The van der Waals surface area contributed by atoms with Crippen molar-refractivity contribution in [2.75, 3.05) is 19.6 Å². The second-order valence-corrected chi connectivity index (χ2v) is 7.06. The standard InChI is InChI=1S/C18H29N3O/c1-14-19-11-17(13-22)18(20-14)16-7-9-21(10-8-16)12-15-5-3-2-4-6-15/h11,15-16,22H,2-10,12-13H2,1H3. The van der Waals surface area contributed by atoms with E-state index >= 15 is 0 Å². The monoisotopic (exact) mass is 303 g/mol. The highest BCUT2D eigenvalue weighted by Crippen LogP contribution is 2.31. The molecular weight excluding hydrogens is 274 g/mol. The Bertz CT molecular complexity index is 477. The average molecular weight is 303 g/mol. The lowest BCUT2D eigenvalue weighted by atomic mass is 9.87. The summed E-state index contributed by atoms with van der Waals surface area (Å²) in [6, 6.07) is 0. The van der Waals surface area contributed by atoms with E-state index < -0.39 is 0 Å². The zero-order valence-corrected chi connectivity index (χ0v) is 13.8. The Hall–Kier alpha value is -1.00. The number of rotatable bonds is 4. The lowest BCUT2D eigenvalue weighted by Gasteiger charge is -2.35. The Morgan fingerprint density at radius 1 is 1.14 bits per heavy atom. The van der Waals surface area contributed by atoms with Crippen molar-refractivity contribution in [2.45, 2.75) is 64.4 Å². The van der Waals surface area contributed by atoms with Crippen LogP contribution in [0.5, 0.6) is 0 Å². The van der Waals surface area contributed by atoms with Gasteiger partial charge in [-0.25, -0.2) is 9.97 Å². The topological polar surface area (TPSA) is 49.3 Å². The fraction of sp³-hybridized carbons (Fsp3) is 0.778. The van der Waals surface area contributed by atoms with Crippen molar-refractivity contribution in [2.24, 2.45) is 5.92 Å². The Balaban J connectivity index is 1.56. The van der Waals surface area contributed by atoms with Crippen LogP contribution in [0.3, 0.4) is 0 Å². The molecule has 0 unspecified atom stereocenters. The van der Waals surface area contributed by atoms with Gasteiger partial charge in [-0.15, -0.1) is 0 Å². The minimum Gasteiger partial charge on any atom is -0.392 e. The molecule has 1 saturated carbocycles. The van der Waals surface area contributed by atoms with E-state index in [1.54, 1.807) is 6.20 Å². The van der Waals surface area contributed by atoms with Crippen molar-refractivity contribution in [3.63, 3.8) is 0 Å². The summed E-state index contributed by atoms with van der Waals surface area (Å²) in [6.45, 7) is 5.63. The van der Waals surface area contributed by atoms with E-state index in [-0.39, 0.29) is 6.61 Å². The van der Waals surface area contributed by atoms with Crippen LogP contribution in [0.1, 0.15) is 67.9 Å². The van der Waals surface area contributed by atoms with Gasteiger partial charge < -0.3 is 10.0 Å². The maximum atomic E-state index is 9.52. The first-order valence-electron chi connectivity index (χ1n) is 8.92. The summed E-state index contributed by atoms with van der Waals surface area (Å²) in [4.78, 5) is 11.5. The van der Waals surface area contributed by atoms with Gasteiger partial charge >= 0.3 is 0 Å². The quantitative estimate of drug-likeness (QED) is 0.929. The average Bonchev–Trinajstić information content (AvgIpc) is 2.56. The zero-order chi connectivity index (χ0) is 15.4. The van der Waals surface area contributed by atoms with E-state index in [1.165, 1.54) is 51.7 Å². The van der Waals surface area contributed by atoms with E-state index in [4.69, 9.17) is 0 Å². The smallest absolute Gasteiger partial charge is 0.125 e. The molecule has 0 bridgehead atoms. The van der Waals surface area contributed by atoms with Gasteiger partial charge in [-0.05, 0) is 51.6 Å². The number of hydrogen-bond donors (Lipinski definition) is 1. The number of hydrogen-bond acceptors (Lipinski definition) is 4. The molecule has 2 heterocycles. The van der Waals surface area contributed by atoms with Gasteiger partial charge in [0, 0.05) is 24.2 Å². The molecule has 22 heavy (non-hydrogen) atoms. The summed E-state index contributed by atoms with van der Waals surface area (Å²) in [6.07, 6.45) is 11.3. The normalized spacial score (nSPS) is 22.1. The first kappa shape index (κ1) is 15.9. The molecule has 1 aromatic heterocycles. The second-order valence-electron chi connectivity index (χ2n) is 7.06. The predicted molar refractivity (Wildman–Crippen MR) is 87.7 cm³/mol. The second kappa shape index (κ2) is 7.51. The molecular formula is C18H29N3O. The fourth-order valence-corrected chi connectivity index (χ4v) is 4.11. The first-order chi connectivity index (χ1) is 10.8. The highest BCUT2D eigenvalue weighted by molar-refractivity contribution is 5.21. The van der Waals surface area contributed by atoms with E-state index in [0.29, 0.717) is 5.92 Å². The van der Waals surface area contributed by atoms with Crippen LogP contribution >= 0.6 is 0 Å². The molecule has 1 saturated heterocycles. The van der Waals surface area contributed by atoms with Crippen molar-refractivity contribution in [1.29, 1.82) is 0 Å². The number of aliphatic hydroxyl groups is 1. The molecule has 1 aliphatic carbocycles. The van der Waals surface area contributed by atoms with Crippen LogP contribution in [0, 0.1) is 12.8 Å². The van der Waals surface area contributed by atoms with Crippen molar-refractivity contribution in [3.8, 4) is 0 Å². The van der Waals surface area contributed by atoms with Crippen LogP contribution in [0.25, 0.3) is 0 Å². The molecule has 0 amide bonds. The van der Waals surface area contributed by atoms with Crippen molar-refractivity contribution >= 4 is 0 Å². The summed E-state index contributed by atoms with van der Waals surface area (Å²) in [5.74, 6) is 2.24. The fourth-order valence-electron chi connectivity index (χ4n) is 4.11. The van der Waals surface area contributed by atoms with Crippen LogP contribution in [-0.2, 0) is 6.61 Å². The van der Waals surface area contributed by atoms with E-state index in [1.807, 2.05) is 6.92 Å². The molecule has 0 atom stereocenters. The summed E-state index contributed by atoms with van der Waals surface area (Å²) in [5.41, 5.74) is 2.00. The largest absolute Gasteiger partial charge is 0.392 e. The van der Waals surface area contributed by atoms with Crippen molar-refractivity contribution in [1.82, 2.24) is 14.9 Å². The summed E-state index contributed by atoms with van der Waals surface area (Å²) < 4.78 is 0. The molecule has 122 valence electrons. The molecule has 0 aromatic carbocycles. The van der Waals surface area contributed by atoms with Gasteiger partial charge in [0.05, 0.1) is 12.3 Å². The van der Waals surface area contributed by atoms with Gasteiger partial charge in [-0.3, -0.25) is 0 Å². The molecule has 2 aliphatic rings. The summed E-state index contributed by atoms with van der Waals surface area (Å²) >= 11 is 0. The lowest BCUT2D eigenvalue weighted by Crippen LogP contribution is -2.37. The Kier molecular flexibility index (Phi) is 5.42. The maximum Gasteiger partial charge on any atom is 0.125 e. The van der Waals surface area contributed by atoms with Gasteiger partial charge in [0.2, 0.25) is 0 Å². The molecule has 1 N–H and O–H groups in total. The SMILES string of the molecule is Cc1ncc(CO)c(C2CCN(CC3CCCCC3)CC2)n1. The number of aliphatic hydroxyl groups excluding tert-OH is 1. The third-order valence-electron chi connectivity index (χ3n) is 5.40. The number of likely N-dealkylation sites (tertiary alicyclic amines) is 1. The molecule has 0 radical (unpaired) electrons. The Morgan fingerprint density at radius 3 is 2.55 bits per heavy atom. The molecule has 2 fully saturated rings. The Labute approximate surface area is 134 Å². The van der Waals surface area contributed by atoms with Gasteiger partial charge in [0.25, 0.3) is 0 Å². The number of piperidine rings is 1. The summed E-state index contributed by atoms with van der Waals surface area (Å²) in [7, 11) is 0. The van der Waals surface area contributed by atoms with Crippen LogP contribution in [0.2, 0.25) is 0 Å². The summed E-state index contributed by atoms with van der Waals surface area (Å²) in [5, 5.41) is 9.52. The first-order valence-corrected chi connectivity index (χ1v) is 8.92. The number of aromatic nitrogens is 2. The molecule has 4 nitrogen and oxygen atoms in total. The van der Waals surface area contributed by atoms with Crippen LogP contribution in [0.15, 0.2) is 6.20 Å². The molecule has 1 aliphatic heterocycles. The highest BCUT2D eigenvalue weighted by atomic mass is 16.3. The van der Waals surface area contributed by atoms with Gasteiger partial charge in [-0.1, -0.05) is 19.3 Å². The van der Waals surface area contributed by atoms with Crippen molar-refractivity contribution < 1.29 is 5.11 Å². The minimum absolute atomic E-state index is 0.0535. The maximum absolute atomic E-state index is 9.52.